The zero-order valence-electron chi connectivity index (χ0n) is 10.00. The second-order valence-corrected chi connectivity index (χ2v) is 4.01. The zero-order valence-corrected chi connectivity index (χ0v) is 10.00. The molecule has 0 radical (unpaired) electrons. The fourth-order valence-electron chi connectivity index (χ4n) is 2.19. The number of nitrogens with zero attached hydrogens (tertiary/aromatic N) is 3. The third-order valence-corrected chi connectivity index (χ3v) is 2.98. The minimum absolute atomic E-state index is 0.0479. The van der Waals surface area contributed by atoms with Crippen molar-refractivity contribution >= 4 is 16.6 Å². The number of pyridine rings is 1. The fourth-order valence-corrected chi connectivity index (χ4v) is 2.19. The first-order valence-electron chi connectivity index (χ1n) is 5.75. The van der Waals surface area contributed by atoms with E-state index in [4.69, 9.17) is 9.84 Å². The van der Waals surface area contributed by atoms with Crippen LogP contribution in [0.1, 0.15) is 5.82 Å². The predicted molar refractivity (Wildman–Crippen MR) is 67.8 cm³/mol. The Morgan fingerprint density at radius 2 is 2.11 bits per heavy atom. The SMILES string of the molecule is COc1cccc2ccc3nnc(CCO)n3c12. The van der Waals surface area contributed by atoms with Gasteiger partial charge in [0.2, 0.25) is 0 Å². The van der Waals surface area contributed by atoms with E-state index in [1.54, 1.807) is 7.11 Å². The molecule has 1 N–H and O–H groups in total. The van der Waals surface area contributed by atoms with E-state index in [1.165, 1.54) is 0 Å². The molecule has 0 spiro atoms. The number of methoxy groups -OCH3 is 1. The number of fused-ring (bicyclic) bond motifs is 3. The lowest BCUT2D eigenvalue weighted by Crippen LogP contribution is -2.00. The number of para-hydroxylation sites is 1. The van der Waals surface area contributed by atoms with Gasteiger partial charge in [-0.3, -0.25) is 4.40 Å². The van der Waals surface area contributed by atoms with E-state index >= 15 is 0 Å². The van der Waals surface area contributed by atoms with E-state index in [0.29, 0.717) is 6.42 Å². The molecule has 18 heavy (non-hydrogen) atoms. The van der Waals surface area contributed by atoms with Crippen LogP contribution < -0.4 is 4.74 Å². The Hall–Kier alpha value is -2.14. The minimum Gasteiger partial charge on any atom is -0.495 e. The molecule has 3 rings (SSSR count). The molecule has 92 valence electrons. The number of ether oxygens (including phenoxy) is 1. The van der Waals surface area contributed by atoms with Gasteiger partial charge in [0.25, 0.3) is 0 Å². The topological polar surface area (TPSA) is 59.7 Å². The Bertz CT molecular complexity index is 706. The van der Waals surface area contributed by atoms with Crippen LogP contribution in [0.2, 0.25) is 0 Å². The maximum Gasteiger partial charge on any atom is 0.161 e. The van der Waals surface area contributed by atoms with Crippen molar-refractivity contribution in [1.29, 1.82) is 0 Å². The van der Waals surface area contributed by atoms with Crippen molar-refractivity contribution in [2.75, 3.05) is 13.7 Å². The van der Waals surface area contributed by atoms with Gasteiger partial charge < -0.3 is 9.84 Å². The van der Waals surface area contributed by atoms with Crippen LogP contribution in [0.15, 0.2) is 30.3 Å². The molecule has 0 aliphatic carbocycles. The van der Waals surface area contributed by atoms with Crippen molar-refractivity contribution < 1.29 is 9.84 Å². The molecule has 0 aliphatic rings. The number of aliphatic hydroxyl groups is 1. The quantitative estimate of drug-likeness (QED) is 0.756. The molecule has 0 unspecified atom stereocenters. The highest BCUT2D eigenvalue weighted by Gasteiger charge is 2.11. The van der Waals surface area contributed by atoms with E-state index in [9.17, 15) is 0 Å². The van der Waals surface area contributed by atoms with Crippen LogP contribution in [0.25, 0.3) is 16.6 Å². The Morgan fingerprint density at radius 3 is 2.89 bits per heavy atom. The summed E-state index contributed by atoms with van der Waals surface area (Å²) in [6.07, 6.45) is 0.471. The second-order valence-electron chi connectivity index (χ2n) is 4.01. The standard InChI is InChI=1S/C13H13N3O2/c1-18-10-4-2-3-9-5-6-11-14-15-12(7-8-17)16(11)13(9)10/h2-6,17H,7-8H2,1H3. The molecule has 5 nitrogen and oxygen atoms in total. The highest BCUT2D eigenvalue weighted by Crippen LogP contribution is 2.26. The third kappa shape index (κ3) is 1.52. The summed E-state index contributed by atoms with van der Waals surface area (Å²) in [6, 6.07) is 9.77. The summed E-state index contributed by atoms with van der Waals surface area (Å²) in [5.41, 5.74) is 1.70. The van der Waals surface area contributed by atoms with E-state index in [0.717, 1.165) is 28.1 Å². The minimum atomic E-state index is 0.0479. The van der Waals surface area contributed by atoms with E-state index in [2.05, 4.69) is 10.2 Å². The number of hydrogen-bond donors (Lipinski definition) is 1. The van der Waals surface area contributed by atoms with E-state index in [-0.39, 0.29) is 6.61 Å². The summed E-state index contributed by atoms with van der Waals surface area (Å²) < 4.78 is 7.33. The molecule has 0 fully saturated rings. The van der Waals surface area contributed by atoms with Gasteiger partial charge in [0.15, 0.2) is 5.65 Å². The Kier molecular flexibility index (Phi) is 2.60. The van der Waals surface area contributed by atoms with Gasteiger partial charge in [-0.15, -0.1) is 10.2 Å². The van der Waals surface area contributed by atoms with Crippen molar-refractivity contribution in [3.63, 3.8) is 0 Å². The van der Waals surface area contributed by atoms with Crippen molar-refractivity contribution in [1.82, 2.24) is 14.6 Å². The Morgan fingerprint density at radius 1 is 1.22 bits per heavy atom. The first kappa shape index (κ1) is 11.0. The van der Waals surface area contributed by atoms with Crippen molar-refractivity contribution in [2.24, 2.45) is 0 Å². The summed E-state index contributed by atoms with van der Waals surface area (Å²) in [7, 11) is 1.64. The number of rotatable bonds is 3. The first-order chi connectivity index (χ1) is 8.85. The van der Waals surface area contributed by atoms with Crippen LogP contribution in [0.5, 0.6) is 5.75 Å². The highest BCUT2D eigenvalue weighted by atomic mass is 16.5. The summed E-state index contributed by atoms with van der Waals surface area (Å²) >= 11 is 0. The van der Waals surface area contributed by atoms with Gasteiger partial charge in [-0.05, 0) is 18.2 Å². The van der Waals surface area contributed by atoms with Crippen molar-refractivity contribution in [2.45, 2.75) is 6.42 Å². The van der Waals surface area contributed by atoms with Crippen LogP contribution in [-0.2, 0) is 6.42 Å². The van der Waals surface area contributed by atoms with Gasteiger partial charge in [-0.25, -0.2) is 0 Å². The lowest BCUT2D eigenvalue weighted by molar-refractivity contribution is 0.296. The molecule has 2 aromatic heterocycles. The Balaban J connectivity index is 2.45. The van der Waals surface area contributed by atoms with Crippen LogP contribution in [0.3, 0.4) is 0 Å². The van der Waals surface area contributed by atoms with Gasteiger partial charge in [0.05, 0.1) is 19.2 Å². The zero-order chi connectivity index (χ0) is 12.5. The number of aromatic nitrogens is 3. The largest absolute Gasteiger partial charge is 0.495 e. The van der Waals surface area contributed by atoms with Crippen LogP contribution in [-0.4, -0.2) is 33.4 Å². The third-order valence-electron chi connectivity index (χ3n) is 2.98. The van der Waals surface area contributed by atoms with Gasteiger partial charge in [-0.2, -0.15) is 0 Å². The van der Waals surface area contributed by atoms with Crippen LogP contribution in [0.4, 0.5) is 0 Å². The molecule has 0 atom stereocenters. The fraction of sp³-hybridized carbons (Fsp3) is 0.231. The highest BCUT2D eigenvalue weighted by molar-refractivity contribution is 5.87. The molecule has 0 aliphatic heterocycles. The van der Waals surface area contributed by atoms with Gasteiger partial charge in [0.1, 0.15) is 11.6 Å². The lowest BCUT2D eigenvalue weighted by Gasteiger charge is -2.08. The number of benzene rings is 1. The molecule has 0 bridgehead atoms. The maximum atomic E-state index is 9.08. The summed E-state index contributed by atoms with van der Waals surface area (Å²) in [5, 5.41) is 18.4. The molecular formula is C13H13N3O2. The summed E-state index contributed by atoms with van der Waals surface area (Å²) in [5.74, 6) is 1.51. The average Bonchev–Trinajstić information content (AvgIpc) is 2.82. The van der Waals surface area contributed by atoms with Gasteiger partial charge >= 0.3 is 0 Å². The van der Waals surface area contributed by atoms with E-state index in [1.807, 2.05) is 34.7 Å². The normalized spacial score (nSPS) is 11.2. The van der Waals surface area contributed by atoms with Gasteiger partial charge in [-0.1, -0.05) is 12.1 Å². The molecule has 5 heteroatoms. The molecule has 2 heterocycles. The van der Waals surface area contributed by atoms with Crippen LogP contribution >= 0.6 is 0 Å². The van der Waals surface area contributed by atoms with Gasteiger partial charge in [0, 0.05) is 11.8 Å². The van der Waals surface area contributed by atoms with Crippen molar-refractivity contribution in [3.05, 3.63) is 36.2 Å². The average molecular weight is 243 g/mol. The van der Waals surface area contributed by atoms with Crippen LogP contribution in [0, 0.1) is 0 Å². The lowest BCUT2D eigenvalue weighted by atomic mass is 10.2. The van der Waals surface area contributed by atoms with Crippen molar-refractivity contribution in [3.8, 4) is 5.75 Å². The molecule has 3 aromatic rings. The second kappa shape index (κ2) is 4.27. The molecular weight excluding hydrogens is 230 g/mol. The molecule has 0 amide bonds. The molecule has 0 saturated heterocycles. The maximum absolute atomic E-state index is 9.08. The van der Waals surface area contributed by atoms with E-state index < -0.39 is 0 Å². The number of hydrogen-bond acceptors (Lipinski definition) is 4. The predicted octanol–water partition coefficient (Wildman–Crippen LogP) is 1.43. The smallest absolute Gasteiger partial charge is 0.161 e. The molecule has 0 saturated carbocycles. The number of aliphatic hydroxyl groups excluding tert-OH is 1. The first-order valence-corrected chi connectivity index (χ1v) is 5.75. The monoisotopic (exact) mass is 243 g/mol. The Labute approximate surface area is 104 Å². The summed E-state index contributed by atoms with van der Waals surface area (Å²) in [6.45, 7) is 0.0479. The molecule has 1 aromatic carbocycles. The summed E-state index contributed by atoms with van der Waals surface area (Å²) in [4.78, 5) is 0.